The number of methoxy groups -OCH3 is 1. The van der Waals surface area contributed by atoms with Crippen LogP contribution in [-0.2, 0) is 16.0 Å². The summed E-state index contributed by atoms with van der Waals surface area (Å²) in [4.78, 5) is 11.2. The molecule has 1 saturated heterocycles. The van der Waals surface area contributed by atoms with E-state index in [1.807, 2.05) is 30.3 Å². The molecule has 3 heteroatoms. The van der Waals surface area contributed by atoms with E-state index in [4.69, 9.17) is 9.47 Å². The van der Waals surface area contributed by atoms with E-state index in [1.54, 1.807) is 7.11 Å². The highest BCUT2D eigenvalue weighted by atomic mass is 16.5. The highest BCUT2D eigenvalue weighted by Crippen LogP contribution is 2.16. The lowest BCUT2D eigenvalue weighted by Gasteiger charge is -2.00. The molecule has 0 radical (unpaired) electrons. The van der Waals surface area contributed by atoms with Gasteiger partial charge in [0.1, 0.15) is 5.75 Å². The maximum Gasteiger partial charge on any atom is 0.333 e. The minimum Gasteiger partial charge on any atom is -0.497 e. The van der Waals surface area contributed by atoms with Crippen LogP contribution in [0.5, 0.6) is 5.75 Å². The molecule has 0 atom stereocenters. The maximum absolute atomic E-state index is 11.2. The molecule has 1 aromatic rings. The third-order valence-corrected chi connectivity index (χ3v) is 2.61. The van der Waals surface area contributed by atoms with E-state index in [-0.39, 0.29) is 5.97 Å². The Morgan fingerprint density at radius 1 is 1.38 bits per heavy atom. The second-order valence-corrected chi connectivity index (χ2v) is 3.67. The van der Waals surface area contributed by atoms with Crippen LogP contribution < -0.4 is 4.74 Å². The average Bonchev–Trinajstić information content (AvgIpc) is 2.73. The van der Waals surface area contributed by atoms with Crippen molar-refractivity contribution in [1.29, 1.82) is 0 Å². The summed E-state index contributed by atoms with van der Waals surface area (Å²) in [6, 6.07) is 7.83. The summed E-state index contributed by atoms with van der Waals surface area (Å²) in [7, 11) is 1.64. The Morgan fingerprint density at radius 3 is 2.69 bits per heavy atom. The first kappa shape index (κ1) is 10.7. The van der Waals surface area contributed by atoms with Crippen molar-refractivity contribution in [2.45, 2.75) is 12.8 Å². The monoisotopic (exact) mass is 218 g/mol. The molecule has 0 unspecified atom stereocenters. The molecule has 84 valence electrons. The lowest BCUT2D eigenvalue weighted by molar-refractivity contribution is -0.135. The van der Waals surface area contributed by atoms with Gasteiger partial charge in [-0.1, -0.05) is 18.2 Å². The Hall–Kier alpha value is -1.77. The van der Waals surface area contributed by atoms with Crippen molar-refractivity contribution in [3.8, 4) is 5.75 Å². The van der Waals surface area contributed by atoms with Crippen molar-refractivity contribution >= 4 is 5.97 Å². The Morgan fingerprint density at radius 2 is 2.12 bits per heavy atom. The fraction of sp³-hybridized carbons (Fsp3) is 0.308. The Bertz CT molecular complexity index is 404. The smallest absolute Gasteiger partial charge is 0.333 e. The molecule has 0 spiro atoms. The highest BCUT2D eigenvalue weighted by molar-refractivity contribution is 5.90. The van der Waals surface area contributed by atoms with Crippen molar-refractivity contribution in [3.05, 3.63) is 41.5 Å². The minimum atomic E-state index is -0.173. The van der Waals surface area contributed by atoms with Crippen molar-refractivity contribution in [3.63, 3.8) is 0 Å². The van der Waals surface area contributed by atoms with E-state index in [0.29, 0.717) is 6.61 Å². The van der Waals surface area contributed by atoms with Gasteiger partial charge in [-0.05, 0) is 24.1 Å². The predicted octanol–water partition coefficient (Wildman–Crippen LogP) is 2.11. The molecule has 0 amide bonds. The lowest BCUT2D eigenvalue weighted by atomic mass is 10.1. The van der Waals surface area contributed by atoms with Gasteiger partial charge >= 0.3 is 5.97 Å². The second-order valence-electron chi connectivity index (χ2n) is 3.67. The normalized spacial score (nSPS) is 17.6. The Kier molecular flexibility index (Phi) is 3.25. The molecular weight excluding hydrogens is 204 g/mol. The van der Waals surface area contributed by atoms with Gasteiger partial charge in [-0.3, -0.25) is 0 Å². The molecule has 2 rings (SSSR count). The summed E-state index contributed by atoms with van der Waals surface area (Å²) < 4.78 is 9.94. The van der Waals surface area contributed by atoms with Crippen molar-refractivity contribution in [2.75, 3.05) is 13.7 Å². The fourth-order valence-corrected chi connectivity index (χ4v) is 1.64. The summed E-state index contributed by atoms with van der Waals surface area (Å²) in [5.74, 6) is 0.671. The third-order valence-electron chi connectivity index (χ3n) is 2.61. The molecule has 3 nitrogen and oxygen atoms in total. The zero-order valence-corrected chi connectivity index (χ0v) is 9.23. The van der Waals surface area contributed by atoms with Gasteiger partial charge in [0.05, 0.1) is 13.7 Å². The van der Waals surface area contributed by atoms with Crippen LogP contribution in [0.15, 0.2) is 35.9 Å². The van der Waals surface area contributed by atoms with Crippen molar-refractivity contribution in [2.24, 2.45) is 0 Å². The average molecular weight is 218 g/mol. The molecule has 16 heavy (non-hydrogen) atoms. The number of hydrogen-bond donors (Lipinski definition) is 0. The number of carbonyl (C=O) groups is 1. The van der Waals surface area contributed by atoms with Crippen LogP contribution in [0.25, 0.3) is 0 Å². The lowest BCUT2D eigenvalue weighted by Crippen LogP contribution is -1.95. The number of ether oxygens (including phenoxy) is 2. The van der Waals surface area contributed by atoms with Crippen LogP contribution in [0.3, 0.4) is 0 Å². The SMILES string of the molecule is COc1ccc(C/C=C2\CCOC2=O)cc1. The van der Waals surface area contributed by atoms with E-state index in [2.05, 4.69) is 0 Å². The number of esters is 1. The van der Waals surface area contributed by atoms with Gasteiger partial charge in [-0.25, -0.2) is 4.79 Å². The topological polar surface area (TPSA) is 35.5 Å². The fourth-order valence-electron chi connectivity index (χ4n) is 1.64. The molecular formula is C13H14O3. The van der Waals surface area contributed by atoms with Crippen LogP contribution in [-0.4, -0.2) is 19.7 Å². The zero-order chi connectivity index (χ0) is 11.4. The molecule has 0 bridgehead atoms. The van der Waals surface area contributed by atoms with E-state index in [1.165, 1.54) is 0 Å². The highest BCUT2D eigenvalue weighted by Gasteiger charge is 2.17. The van der Waals surface area contributed by atoms with E-state index < -0.39 is 0 Å². The summed E-state index contributed by atoms with van der Waals surface area (Å²) in [5, 5.41) is 0. The summed E-state index contributed by atoms with van der Waals surface area (Å²) in [6.07, 6.45) is 3.43. The van der Waals surface area contributed by atoms with E-state index >= 15 is 0 Å². The van der Waals surface area contributed by atoms with Crippen molar-refractivity contribution in [1.82, 2.24) is 0 Å². The van der Waals surface area contributed by atoms with Gasteiger partial charge in [0.15, 0.2) is 0 Å². The molecule has 0 aromatic heterocycles. The first-order valence-electron chi connectivity index (χ1n) is 5.28. The number of cyclic esters (lactones) is 1. The summed E-state index contributed by atoms with van der Waals surface area (Å²) in [5.41, 5.74) is 1.95. The van der Waals surface area contributed by atoms with Gasteiger partial charge in [0.25, 0.3) is 0 Å². The van der Waals surface area contributed by atoms with Crippen LogP contribution in [0.4, 0.5) is 0 Å². The van der Waals surface area contributed by atoms with E-state index in [0.717, 1.165) is 29.7 Å². The van der Waals surface area contributed by atoms with Crippen molar-refractivity contribution < 1.29 is 14.3 Å². The zero-order valence-electron chi connectivity index (χ0n) is 9.23. The van der Waals surface area contributed by atoms with Crippen LogP contribution in [0, 0.1) is 0 Å². The second kappa shape index (κ2) is 4.84. The number of hydrogen-bond acceptors (Lipinski definition) is 3. The molecule has 1 aliphatic rings. The summed E-state index contributed by atoms with van der Waals surface area (Å²) >= 11 is 0. The number of allylic oxidation sites excluding steroid dienone is 1. The quantitative estimate of drug-likeness (QED) is 0.575. The van der Waals surface area contributed by atoms with Gasteiger partial charge in [-0.15, -0.1) is 0 Å². The minimum absolute atomic E-state index is 0.173. The number of rotatable bonds is 3. The van der Waals surface area contributed by atoms with Crippen LogP contribution >= 0.6 is 0 Å². The van der Waals surface area contributed by atoms with Gasteiger partial charge in [0, 0.05) is 12.0 Å². The third kappa shape index (κ3) is 2.42. The first-order chi connectivity index (χ1) is 7.79. The van der Waals surface area contributed by atoms with Gasteiger partial charge in [-0.2, -0.15) is 0 Å². The van der Waals surface area contributed by atoms with Gasteiger partial charge < -0.3 is 9.47 Å². The van der Waals surface area contributed by atoms with Gasteiger partial charge in [0.2, 0.25) is 0 Å². The molecule has 1 aromatic carbocycles. The molecule has 1 heterocycles. The summed E-state index contributed by atoms with van der Waals surface area (Å²) in [6.45, 7) is 0.521. The van der Waals surface area contributed by atoms with Crippen LogP contribution in [0.1, 0.15) is 12.0 Å². The predicted molar refractivity (Wildman–Crippen MR) is 60.4 cm³/mol. The Labute approximate surface area is 94.7 Å². The molecule has 0 saturated carbocycles. The largest absolute Gasteiger partial charge is 0.497 e. The van der Waals surface area contributed by atoms with Crippen LogP contribution in [0.2, 0.25) is 0 Å². The molecule has 0 aliphatic carbocycles. The molecule has 1 fully saturated rings. The number of benzene rings is 1. The maximum atomic E-state index is 11.2. The van der Waals surface area contributed by atoms with E-state index in [9.17, 15) is 4.79 Å². The molecule has 0 N–H and O–H groups in total. The first-order valence-corrected chi connectivity index (χ1v) is 5.28. The standard InChI is InChI=1S/C13H14O3/c1-15-12-6-3-10(4-7-12)2-5-11-8-9-16-13(11)14/h3-7H,2,8-9H2,1H3/b11-5+. The Balaban J connectivity index is 2.01. The molecule has 1 aliphatic heterocycles. The number of carbonyl (C=O) groups excluding carboxylic acids is 1.